The molecule has 20 heavy (non-hydrogen) atoms. The number of nitrogens with zero attached hydrogens (tertiary/aromatic N) is 2. The zero-order valence-corrected chi connectivity index (χ0v) is 12.2. The molecule has 0 bridgehead atoms. The molecule has 1 amide bonds. The Morgan fingerprint density at radius 2 is 2.25 bits per heavy atom. The molecule has 1 saturated heterocycles. The third kappa shape index (κ3) is 4.63. The van der Waals surface area contributed by atoms with Gasteiger partial charge in [-0.2, -0.15) is 0 Å². The van der Waals surface area contributed by atoms with Gasteiger partial charge in [-0.1, -0.05) is 11.6 Å². The molecule has 0 atom stereocenters. The Kier molecular flexibility index (Phi) is 5.58. The van der Waals surface area contributed by atoms with Gasteiger partial charge in [0.25, 0.3) is 0 Å². The standard InChI is InChI=1S/C13H19ClN4O2/c1-10(19)17-12-8-11(14)9-16-13(12)15-2-3-18-4-6-20-7-5-18/h8-9H,2-7H2,1H3,(H,15,16)(H,17,19). The molecule has 0 spiro atoms. The fourth-order valence-electron chi connectivity index (χ4n) is 2.02. The fraction of sp³-hybridized carbons (Fsp3) is 0.538. The first kappa shape index (κ1) is 15.0. The number of rotatable bonds is 5. The van der Waals surface area contributed by atoms with Gasteiger partial charge < -0.3 is 15.4 Å². The van der Waals surface area contributed by atoms with Crippen LogP contribution in [0.4, 0.5) is 11.5 Å². The fourth-order valence-corrected chi connectivity index (χ4v) is 2.18. The van der Waals surface area contributed by atoms with E-state index in [1.54, 1.807) is 12.3 Å². The Hall–Kier alpha value is -1.37. The van der Waals surface area contributed by atoms with Crippen molar-refractivity contribution < 1.29 is 9.53 Å². The molecule has 7 heteroatoms. The van der Waals surface area contributed by atoms with E-state index in [0.717, 1.165) is 39.4 Å². The van der Waals surface area contributed by atoms with Crippen molar-refractivity contribution in [3.05, 3.63) is 17.3 Å². The second-order valence-corrected chi connectivity index (χ2v) is 5.05. The van der Waals surface area contributed by atoms with Gasteiger partial charge in [-0.15, -0.1) is 0 Å². The first-order valence-electron chi connectivity index (χ1n) is 6.62. The van der Waals surface area contributed by atoms with E-state index in [1.807, 2.05) is 0 Å². The second kappa shape index (κ2) is 7.42. The smallest absolute Gasteiger partial charge is 0.221 e. The molecule has 0 saturated carbocycles. The largest absolute Gasteiger partial charge is 0.379 e. The highest BCUT2D eigenvalue weighted by Gasteiger charge is 2.11. The van der Waals surface area contributed by atoms with Crippen molar-refractivity contribution in [1.82, 2.24) is 9.88 Å². The van der Waals surface area contributed by atoms with Crippen LogP contribution in [0.5, 0.6) is 0 Å². The Morgan fingerprint density at radius 1 is 1.50 bits per heavy atom. The summed E-state index contributed by atoms with van der Waals surface area (Å²) in [6.45, 7) is 6.60. The molecule has 1 aromatic heterocycles. The highest BCUT2D eigenvalue weighted by Crippen LogP contribution is 2.22. The Bertz CT molecular complexity index is 464. The van der Waals surface area contributed by atoms with E-state index in [-0.39, 0.29) is 5.91 Å². The number of hydrogen-bond donors (Lipinski definition) is 2. The van der Waals surface area contributed by atoms with Crippen LogP contribution in [0.3, 0.4) is 0 Å². The number of hydrogen-bond acceptors (Lipinski definition) is 5. The number of pyridine rings is 1. The van der Waals surface area contributed by atoms with Crippen LogP contribution in [-0.4, -0.2) is 55.2 Å². The number of halogens is 1. The van der Waals surface area contributed by atoms with E-state index in [4.69, 9.17) is 16.3 Å². The van der Waals surface area contributed by atoms with Gasteiger partial charge in [0.1, 0.15) is 5.82 Å². The molecule has 0 radical (unpaired) electrons. The molecule has 0 aliphatic carbocycles. The average Bonchev–Trinajstić information content (AvgIpc) is 2.42. The molecule has 0 unspecified atom stereocenters. The summed E-state index contributed by atoms with van der Waals surface area (Å²) in [5.74, 6) is 0.489. The monoisotopic (exact) mass is 298 g/mol. The Morgan fingerprint density at radius 3 is 2.95 bits per heavy atom. The molecule has 1 fully saturated rings. The van der Waals surface area contributed by atoms with Crippen LogP contribution in [0.25, 0.3) is 0 Å². The molecule has 0 aromatic carbocycles. The summed E-state index contributed by atoms with van der Waals surface area (Å²) in [4.78, 5) is 17.7. The molecule has 2 N–H and O–H groups in total. The molecular weight excluding hydrogens is 280 g/mol. The topological polar surface area (TPSA) is 66.5 Å². The summed E-state index contributed by atoms with van der Waals surface area (Å²) in [7, 11) is 0. The van der Waals surface area contributed by atoms with Crippen molar-refractivity contribution >= 4 is 29.0 Å². The van der Waals surface area contributed by atoms with Gasteiger partial charge in [0.2, 0.25) is 5.91 Å². The van der Waals surface area contributed by atoms with Gasteiger partial charge in [0, 0.05) is 39.3 Å². The molecule has 6 nitrogen and oxygen atoms in total. The molecule has 110 valence electrons. The van der Waals surface area contributed by atoms with Crippen molar-refractivity contribution in [1.29, 1.82) is 0 Å². The quantitative estimate of drug-likeness (QED) is 0.861. The van der Waals surface area contributed by atoms with E-state index in [0.29, 0.717) is 16.5 Å². The van der Waals surface area contributed by atoms with Gasteiger partial charge in [-0.05, 0) is 6.07 Å². The number of amides is 1. The van der Waals surface area contributed by atoms with Gasteiger partial charge in [0.05, 0.1) is 23.9 Å². The van der Waals surface area contributed by atoms with E-state index < -0.39 is 0 Å². The minimum atomic E-state index is -0.148. The van der Waals surface area contributed by atoms with E-state index in [9.17, 15) is 4.79 Å². The number of carbonyl (C=O) groups is 1. The van der Waals surface area contributed by atoms with Gasteiger partial charge in [0.15, 0.2) is 0 Å². The lowest BCUT2D eigenvalue weighted by atomic mass is 10.3. The van der Waals surface area contributed by atoms with Crippen molar-refractivity contribution in [3.8, 4) is 0 Å². The molecular formula is C13H19ClN4O2. The number of anilines is 2. The Balaban J connectivity index is 1.89. The summed E-state index contributed by atoms with van der Waals surface area (Å²) >= 11 is 5.89. The molecule has 1 aliphatic heterocycles. The minimum Gasteiger partial charge on any atom is -0.379 e. The number of aromatic nitrogens is 1. The predicted molar refractivity (Wildman–Crippen MR) is 79.3 cm³/mol. The lowest BCUT2D eigenvalue weighted by molar-refractivity contribution is -0.114. The maximum absolute atomic E-state index is 11.2. The normalized spacial score (nSPS) is 15.9. The van der Waals surface area contributed by atoms with Crippen molar-refractivity contribution in [2.75, 3.05) is 50.0 Å². The third-order valence-electron chi connectivity index (χ3n) is 2.99. The first-order valence-corrected chi connectivity index (χ1v) is 7.00. The van der Waals surface area contributed by atoms with Crippen molar-refractivity contribution in [2.45, 2.75) is 6.92 Å². The maximum Gasteiger partial charge on any atom is 0.221 e. The zero-order valence-electron chi connectivity index (χ0n) is 11.5. The van der Waals surface area contributed by atoms with Crippen LogP contribution in [0.1, 0.15) is 6.92 Å². The van der Waals surface area contributed by atoms with Crippen molar-refractivity contribution in [3.63, 3.8) is 0 Å². The van der Waals surface area contributed by atoms with Gasteiger partial charge in [-0.3, -0.25) is 9.69 Å². The van der Waals surface area contributed by atoms with Crippen LogP contribution in [0.2, 0.25) is 5.02 Å². The van der Waals surface area contributed by atoms with E-state index in [1.165, 1.54) is 6.92 Å². The number of carbonyl (C=O) groups excluding carboxylic acids is 1. The Labute approximate surface area is 123 Å². The lowest BCUT2D eigenvalue weighted by Crippen LogP contribution is -2.39. The summed E-state index contributed by atoms with van der Waals surface area (Å²) in [5.41, 5.74) is 0.604. The highest BCUT2D eigenvalue weighted by molar-refractivity contribution is 6.30. The van der Waals surface area contributed by atoms with Crippen LogP contribution in [-0.2, 0) is 9.53 Å². The predicted octanol–water partition coefficient (Wildman–Crippen LogP) is 1.44. The number of morpholine rings is 1. The van der Waals surface area contributed by atoms with E-state index in [2.05, 4.69) is 20.5 Å². The minimum absolute atomic E-state index is 0.148. The molecule has 2 heterocycles. The highest BCUT2D eigenvalue weighted by atomic mass is 35.5. The summed E-state index contributed by atoms with van der Waals surface area (Å²) in [6.07, 6.45) is 1.56. The summed E-state index contributed by atoms with van der Waals surface area (Å²) < 4.78 is 5.30. The third-order valence-corrected chi connectivity index (χ3v) is 3.20. The average molecular weight is 299 g/mol. The van der Waals surface area contributed by atoms with Gasteiger partial charge >= 0.3 is 0 Å². The van der Waals surface area contributed by atoms with Crippen LogP contribution in [0, 0.1) is 0 Å². The second-order valence-electron chi connectivity index (χ2n) is 4.61. The molecule has 1 aromatic rings. The molecule has 2 rings (SSSR count). The number of nitrogens with one attached hydrogen (secondary N) is 2. The molecule has 1 aliphatic rings. The lowest BCUT2D eigenvalue weighted by Gasteiger charge is -2.26. The summed E-state index contributed by atoms with van der Waals surface area (Å²) in [6, 6.07) is 1.69. The summed E-state index contributed by atoms with van der Waals surface area (Å²) in [5, 5.41) is 6.44. The van der Waals surface area contributed by atoms with Crippen LogP contribution >= 0.6 is 11.6 Å². The first-order chi connectivity index (χ1) is 9.65. The SMILES string of the molecule is CC(=O)Nc1cc(Cl)cnc1NCCN1CCOCC1. The van der Waals surface area contributed by atoms with Gasteiger partial charge in [-0.25, -0.2) is 4.98 Å². The number of ether oxygens (including phenoxy) is 1. The van der Waals surface area contributed by atoms with E-state index >= 15 is 0 Å². The van der Waals surface area contributed by atoms with Crippen LogP contribution < -0.4 is 10.6 Å². The van der Waals surface area contributed by atoms with Crippen LogP contribution in [0.15, 0.2) is 12.3 Å². The van der Waals surface area contributed by atoms with Crippen molar-refractivity contribution in [2.24, 2.45) is 0 Å². The maximum atomic E-state index is 11.2. The zero-order chi connectivity index (χ0) is 14.4.